The molecule has 8 heteroatoms. The van der Waals surface area contributed by atoms with Gasteiger partial charge in [0.05, 0.1) is 12.1 Å². The Bertz CT molecular complexity index is 503. The summed E-state index contributed by atoms with van der Waals surface area (Å²) < 4.78 is 37.3. The Morgan fingerprint density at radius 1 is 1.32 bits per heavy atom. The number of carbonyl (C=O) groups excluding carboxylic acids is 2. The van der Waals surface area contributed by atoms with Gasteiger partial charge in [0.15, 0.2) is 0 Å². The minimum absolute atomic E-state index is 0.169. The van der Waals surface area contributed by atoms with Gasteiger partial charge in [-0.1, -0.05) is 15.9 Å². The molecule has 2 N–H and O–H groups in total. The van der Waals surface area contributed by atoms with E-state index in [2.05, 4.69) is 26.6 Å². The van der Waals surface area contributed by atoms with Crippen LogP contribution in [0.25, 0.3) is 0 Å². The van der Waals surface area contributed by atoms with Crippen molar-refractivity contribution in [3.8, 4) is 0 Å². The zero-order valence-corrected chi connectivity index (χ0v) is 11.4. The summed E-state index contributed by atoms with van der Waals surface area (Å²) in [5.74, 6) is -0.898. The molecule has 0 unspecified atom stereocenters. The molecule has 19 heavy (non-hydrogen) atoms. The molecule has 0 aliphatic heterocycles. The van der Waals surface area contributed by atoms with E-state index in [1.165, 1.54) is 6.92 Å². The normalized spacial score (nSPS) is 11.0. The van der Waals surface area contributed by atoms with E-state index < -0.39 is 17.6 Å². The van der Waals surface area contributed by atoms with Crippen molar-refractivity contribution in [2.24, 2.45) is 0 Å². The Morgan fingerprint density at radius 2 is 1.95 bits per heavy atom. The molecule has 0 fully saturated rings. The largest absolute Gasteiger partial charge is 0.417 e. The van der Waals surface area contributed by atoms with Gasteiger partial charge in [-0.2, -0.15) is 13.2 Å². The van der Waals surface area contributed by atoms with Crippen LogP contribution in [0, 0.1) is 0 Å². The standard InChI is InChI=1S/C11H10BrF3N2O2/c1-6(18)16-5-10(19)17-7-2-3-8(9(12)4-7)11(13,14)15/h2-4H,5H2,1H3,(H,16,18)(H,17,19). The molecule has 104 valence electrons. The minimum Gasteiger partial charge on any atom is -0.347 e. The average Bonchev–Trinajstić information content (AvgIpc) is 2.24. The predicted octanol–water partition coefficient (Wildman–Crippen LogP) is 2.54. The van der Waals surface area contributed by atoms with Gasteiger partial charge in [0.25, 0.3) is 0 Å². The topological polar surface area (TPSA) is 58.2 Å². The number of rotatable bonds is 3. The number of amides is 2. The second-order valence-electron chi connectivity index (χ2n) is 3.65. The highest BCUT2D eigenvalue weighted by molar-refractivity contribution is 9.10. The molecule has 0 saturated heterocycles. The molecule has 0 aromatic heterocycles. The van der Waals surface area contributed by atoms with Crippen LogP contribution >= 0.6 is 15.9 Å². The molecule has 2 amide bonds. The lowest BCUT2D eigenvalue weighted by atomic mass is 10.2. The molecule has 0 radical (unpaired) electrons. The van der Waals surface area contributed by atoms with Crippen molar-refractivity contribution < 1.29 is 22.8 Å². The fraction of sp³-hybridized carbons (Fsp3) is 0.273. The van der Waals surface area contributed by atoms with Crippen LogP contribution in [-0.2, 0) is 15.8 Å². The minimum atomic E-state index is -4.46. The summed E-state index contributed by atoms with van der Waals surface area (Å²) >= 11 is 2.79. The highest BCUT2D eigenvalue weighted by atomic mass is 79.9. The zero-order chi connectivity index (χ0) is 14.6. The van der Waals surface area contributed by atoms with Crippen LogP contribution in [0.2, 0.25) is 0 Å². The van der Waals surface area contributed by atoms with Gasteiger partial charge in [-0.3, -0.25) is 9.59 Å². The molecule has 0 aliphatic carbocycles. The van der Waals surface area contributed by atoms with E-state index in [9.17, 15) is 22.8 Å². The maximum absolute atomic E-state index is 12.5. The number of halogens is 4. The SMILES string of the molecule is CC(=O)NCC(=O)Nc1ccc(C(F)(F)F)c(Br)c1. The quantitative estimate of drug-likeness (QED) is 0.889. The van der Waals surface area contributed by atoms with Crippen LogP contribution in [0.5, 0.6) is 0 Å². The molecule has 0 atom stereocenters. The molecule has 4 nitrogen and oxygen atoms in total. The van der Waals surface area contributed by atoms with Gasteiger partial charge in [0.1, 0.15) is 0 Å². The van der Waals surface area contributed by atoms with E-state index >= 15 is 0 Å². The Kier molecular flexibility index (Phi) is 4.93. The van der Waals surface area contributed by atoms with Crippen LogP contribution in [-0.4, -0.2) is 18.4 Å². The average molecular weight is 339 g/mol. The first-order chi connectivity index (χ1) is 8.70. The van der Waals surface area contributed by atoms with Crippen molar-refractivity contribution in [1.29, 1.82) is 0 Å². The second kappa shape index (κ2) is 6.05. The number of hydrogen-bond acceptors (Lipinski definition) is 2. The van der Waals surface area contributed by atoms with Crippen molar-refractivity contribution in [3.63, 3.8) is 0 Å². The molecular weight excluding hydrogens is 329 g/mol. The zero-order valence-electron chi connectivity index (χ0n) is 9.77. The highest BCUT2D eigenvalue weighted by Crippen LogP contribution is 2.35. The fourth-order valence-corrected chi connectivity index (χ4v) is 1.84. The van der Waals surface area contributed by atoms with Crippen LogP contribution in [0.3, 0.4) is 0 Å². The maximum Gasteiger partial charge on any atom is 0.417 e. The smallest absolute Gasteiger partial charge is 0.347 e. The highest BCUT2D eigenvalue weighted by Gasteiger charge is 2.32. The van der Waals surface area contributed by atoms with Gasteiger partial charge in [-0.15, -0.1) is 0 Å². The first-order valence-electron chi connectivity index (χ1n) is 5.11. The van der Waals surface area contributed by atoms with Gasteiger partial charge in [-0.05, 0) is 18.2 Å². The van der Waals surface area contributed by atoms with Crippen molar-refractivity contribution in [2.75, 3.05) is 11.9 Å². The molecule has 0 saturated carbocycles. The molecule has 0 spiro atoms. The van der Waals surface area contributed by atoms with Crippen molar-refractivity contribution in [2.45, 2.75) is 13.1 Å². The molecule has 0 heterocycles. The van der Waals surface area contributed by atoms with Crippen molar-refractivity contribution >= 4 is 33.4 Å². The van der Waals surface area contributed by atoms with E-state index in [0.717, 1.165) is 18.2 Å². The third kappa shape index (κ3) is 4.90. The third-order valence-corrected chi connectivity index (χ3v) is 2.71. The van der Waals surface area contributed by atoms with E-state index in [1.54, 1.807) is 0 Å². The van der Waals surface area contributed by atoms with Crippen molar-refractivity contribution in [3.05, 3.63) is 28.2 Å². The van der Waals surface area contributed by atoms with Gasteiger partial charge >= 0.3 is 6.18 Å². The van der Waals surface area contributed by atoms with Crippen molar-refractivity contribution in [1.82, 2.24) is 5.32 Å². The molecule has 1 aromatic carbocycles. The van der Waals surface area contributed by atoms with Crippen LogP contribution < -0.4 is 10.6 Å². The summed E-state index contributed by atoms with van der Waals surface area (Å²) in [5, 5.41) is 4.64. The summed E-state index contributed by atoms with van der Waals surface area (Å²) in [5.41, 5.74) is -0.623. The fourth-order valence-electron chi connectivity index (χ4n) is 1.23. The predicted molar refractivity (Wildman–Crippen MR) is 66.5 cm³/mol. The Hall–Kier alpha value is -1.57. The Labute approximate surface area is 115 Å². The number of hydrogen-bond donors (Lipinski definition) is 2. The van der Waals surface area contributed by atoms with E-state index in [0.29, 0.717) is 0 Å². The summed E-state index contributed by atoms with van der Waals surface area (Å²) in [6.45, 7) is 1.01. The van der Waals surface area contributed by atoms with E-state index in [1.807, 2.05) is 0 Å². The van der Waals surface area contributed by atoms with E-state index in [4.69, 9.17) is 0 Å². The van der Waals surface area contributed by atoms with Gasteiger partial charge in [0, 0.05) is 17.1 Å². The first kappa shape index (κ1) is 15.5. The molecule has 1 rings (SSSR count). The van der Waals surface area contributed by atoms with Crippen LogP contribution in [0.4, 0.5) is 18.9 Å². The summed E-state index contributed by atoms with van der Waals surface area (Å²) in [6.07, 6.45) is -4.46. The maximum atomic E-state index is 12.5. The summed E-state index contributed by atoms with van der Waals surface area (Å²) in [4.78, 5) is 21.9. The molecule has 0 bridgehead atoms. The van der Waals surface area contributed by atoms with Crippen LogP contribution in [0.15, 0.2) is 22.7 Å². The van der Waals surface area contributed by atoms with Crippen LogP contribution in [0.1, 0.15) is 12.5 Å². The van der Waals surface area contributed by atoms with Gasteiger partial charge < -0.3 is 10.6 Å². The second-order valence-corrected chi connectivity index (χ2v) is 4.50. The Morgan fingerprint density at radius 3 is 2.42 bits per heavy atom. The molecule has 0 aliphatic rings. The molecule has 1 aromatic rings. The lowest BCUT2D eigenvalue weighted by molar-refractivity contribution is -0.138. The number of anilines is 1. The number of alkyl halides is 3. The summed E-state index contributed by atoms with van der Waals surface area (Å²) in [7, 11) is 0. The third-order valence-electron chi connectivity index (χ3n) is 2.06. The number of benzene rings is 1. The van der Waals surface area contributed by atoms with Gasteiger partial charge in [-0.25, -0.2) is 0 Å². The van der Waals surface area contributed by atoms with E-state index in [-0.39, 0.29) is 22.6 Å². The number of carbonyl (C=O) groups is 2. The lowest BCUT2D eigenvalue weighted by Crippen LogP contribution is -2.31. The molecular formula is C11H10BrF3N2O2. The number of nitrogens with one attached hydrogen (secondary N) is 2. The first-order valence-corrected chi connectivity index (χ1v) is 5.90. The Balaban J connectivity index is 2.74. The monoisotopic (exact) mass is 338 g/mol. The lowest BCUT2D eigenvalue weighted by Gasteiger charge is -2.11. The summed E-state index contributed by atoms with van der Waals surface area (Å²) in [6, 6.07) is 3.14. The van der Waals surface area contributed by atoms with Gasteiger partial charge in [0.2, 0.25) is 11.8 Å².